The van der Waals surface area contributed by atoms with Crippen LogP contribution < -0.4 is 11.0 Å². The van der Waals surface area contributed by atoms with Crippen molar-refractivity contribution in [3.8, 4) is 11.1 Å². The Morgan fingerprint density at radius 2 is 2.29 bits per heavy atom. The summed E-state index contributed by atoms with van der Waals surface area (Å²) in [6.07, 6.45) is 6.26. The van der Waals surface area contributed by atoms with Crippen LogP contribution >= 0.6 is 11.6 Å². The van der Waals surface area contributed by atoms with Crippen molar-refractivity contribution in [3.05, 3.63) is 29.5 Å². The van der Waals surface area contributed by atoms with Gasteiger partial charge in [0.2, 0.25) is 0 Å². The molecule has 2 aromatic rings. The number of halogens is 1. The number of hydrogen-bond acceptors (Lipinski definition) is 5. The highest BCUT2D eigenvalue weighted by atomic mass is 35.5. The molecule has 0 radical (unpaired) electrons. The summed E-state index contributed by atoms with van der Waals surface area (Å²) in [7, 11) is 1.35. The van der Waals surface area contributed by atoms with Gasteiger partial charge >= 0.3 is 0 Å². The highest BCUT2D eigenvalue weighted by Crippen LogP contribution is 2.36. The van der Waals surface area contributed by atoms with Crippen molar-refractivity contribution >= 4 is 23.0 Å². The number of nitrogens with zero attached hydrogens (tertiary/aromatic N) is 3. The summed E-state index contributed by atoms with van der Waals surface area (Å²) >= 11 is 6.25. The van der Waals surface area contributed by atoms with Gasteiger partial charge in [0, 0.05) is 23.9 Å². The second-order valence-electron chi connectivity index (χ2n) is 5.24. The SMILES string of the molecule is CON(O)c1cc(-c2cnn(CC3CC3)c2)c(Cl)cc1N. The molecular weight excluding hydrogens is 292 g/mol. The van der Waals surface area contributed by atoms with Gasteiger partial charge in [-0.25, -0.2) is 0 Å². The lowest BCUT2D eigenvalue weighted by molar-refractivity contribution is -0.0105. The molecule has 3 N–H and O–H groups in total. The minimum atomic E-state index is 0.332. The first kappa shape index (κ1) is 14.2. The molecule has 1 aliphatic carbocycles. The van der Waals surface area contributed by atoms with Crippen molar-refractivity contribution in [1.82, 2.24) is 9.78 Å². The van der Waals surface area contributed by atoms with E-state index in [1.54, 1.807) is 18.3 Å². The zero-order valence-electron chi connectivity index (χ0n) is 11.7. The maximum Gasteiger partial charge on any atom is 0.118 e. The standard InChI is InChI=1S/C14H17ClN4O2/c1-21-19(20)14-4-11(12(15)5-13(14)16)10-6-17-18(8-10)7-9-2-3-9/h4-6,8-9,20H,2-3,7,16H2,1H3. The van der Waals surface area contributed by atoms with Crippen LogP contribution in [0.25, 0.3) is 11.1 Å². The Hall–Kier alpha value is -1.76. The Balaban J connectivity index is 1.94. The average Bonchev–Trinajstić information content (AvgIpc) is 3.15. The van der Waals surface area contributed by atoms with E-state index in [9.17, 15) is 5.21 Å². The van der Waals surface area contributed by atoms with Crippen molar-refractivity contribution < 1.29 is 10.0 Å². The highest BCUT2D eigenvalue weighted by molar-refractivity contribution is 6.33. The van der Waals surface area contributed by atoms with Gasteiger partial charge in [0.05, 0.1) is 24.0 Å². The zero-order chi connectivity index (χ0) is 15.0. The molecule has 0 saturated heterocycles. The van der Waals surface area contributed by atoms with Gasteiger partial charge in [-0.1, -0.05) is 11.6 Å². The molecule has 1 saturated carbocycles. The molecule has 0 unspecified atom stereocenters. The molecule has 0 spiro atoms. The van der Waals surface area contributed by atoms with E-state index in [-0.39, 0.29) is 0 Å². The molecule has 21 heavy (non-hydrogen) atoms. The third-order valence-corrected chi connectivity index (χ3v) is 3.89. The van der Waals surface area contributed by atoms with Gasteiger partial charge < -0.3 is 5.73 Å². The van der Waals surface area contributed by atoms with E-state index in [0.717, 1.165) is 23.6 Å². The van der Waals surface area contributed by atoms with Gasteiger partial charge in [0.15, 0.2) is 0 Å². The minimum absolute atomic E-state index is 0.332. The summed E-state index contributed by atoms with van der Waals surface area (Å²) in [4.78, 5) is 4.76. The molecule has 0 atom stereocenters. The largest absolute Gasteiger partial charge is 0.397 e. The Morgan fingerprint density at radius 3 is 2.95 bits per heavy atom. The third-order valence-electron chi connectivity index (χ3n) is 3.58. The van der Waals surface area contributed by atoms with Gasteiger partial charge in [-0.3, -0.25) is 14.7 Å². The quantitative estimate of drug-likeness (QED) is 0.656. The van der Waals surface area contributed by atoms with E-state index in [2.05, 4.69) is 5.10 Å². The lowest BCUT2D eigenvalue weighted by Crippen LogP contribution is -2.17. The lowest BCUT2D eigenvalue weighted by atomic mass is 10.1. The number of hydrogen-bond donors (Lipinski definition) is 2. The van der Waals surface area contributed by atoms with Crippen LogP contribution in [0.2, 0.25) is 5.02 Å². The Labute approximate surface area is 127 Å². The summed E-state index contributed by atoms with van der Waals surface area (Å²) in [6.45, 7) is 0.934. The molecule has 1 aliphatic rings. The molecule has 1 heterocycles. The fraction of sp³-hybridized carbons (Fsp3) is 0.357. The van der Waals surface area contributed by atoms with Crippen molar-refractivity contribution in [2.75, 3.05) is 18.1 Å². The fourth-order valence-electron chi connectivity index (χ4n) is 2.23. The summed E-state index contributed by atoms with van der Waals surface area (Å²) in [5, 5.41) is 15.1. The van der Waals surface area contributed by atoms with Gasteiger partial charge in [0.25, 0.3) is 0 Å². The summed E-state index contributed by atoms with van der Waals surface area (Å²) in [5.41, 5.74) is 8.14. The normalized spacial score (nSPS) is 14.4. The van der Waals surface area contributed by atoms with Gasteiger partial charge in [-0.2, -0.15) is 5.10 Å². The Kier molecular flexibility index (Phi) is 3.75. The Bertz CT molecular complexity index is 654. The van der Waals surface area contributed by atoms with Crippen LogP contribution in [0.4, 0.5) is 11.4 Å². The van der Waals surface area contributed by atoms with E-state index in [0.29, 0.717) is 21.6 Å². The monoisotopic (exact) mass is 308 g/mol. The van der Waals surface area contributed by atoms with E-state index in [1.165, 1.54) is 20.0 Å². The van der Waals surface area contributed by atoms with Crippen LogP contribution in [0.5, 0.6) is 0 Å². The van der Waals surface area contributed by atoms with Crippen LogP contribution in [-0.4, -0.2) is 22.1 Å². The van der Waals surface area contributed by atoms with Crippen molar-refractivity contribution in [3.63, 3.8) is 0 Å². The molecular formula is C14H17ClN4O2. The maximum absolute atomic E-state index is 9.67. The van der Waals surface area contributed by atoms with Gasteiger partial charge in [-0.15, -0.1) is 5.23 Å². The summed E-state index contributed by atoms with van der Waals surface area (Å²) in [5.74, 6) is 0.747. The molecule has 1 fully saturated rings. The topological polar surface area (TPSA) is 76.5 Å². The van der Waals surface area contributed by atoms with E-state index < -0.39 is 0 Å². The molecule has 112 valence electrons. The fourth-order valence-corrected chi connectivity index (χ4v) is 2.51. The molecule has 6 nitrogen and oxygen atoms in total. The van der Waals surface area contributed by atoms with E-state index in [4.69, 9.17) is 22.2 Å². The van der Waals surface area contributed by atoms with Crippen molar-refractivity contribution in [2.24, 2.45) is 5.92 Å². The molecule has 7 heteroatoms. The summed E-state index contributed by atoms with van der Waals surface area (Å²) < 4.78 is 1.92. The van der Waals surface area contributed by atoms with Crippen LogP contribution in [0.1, 0.15) is 12.8 Å². The molecule has 1 aromatic carbocycles. The number of aromatic nitrogens is 2. The van der Waals surface area contributed by atoms with Crippen LogP contribution in [0, 0.1) is 5.92 Å². The minimum Gasteiger partial charge on any atom is -0.397 e. The lowest BCUT2D eigenvalue weighted by Gasteiger charge is -2.17. The van der Waals surface area contributed by atoms with Crippen molar-refractivity contribution in [1.29, 1.82) is 0 Å². The van der Waals surface area contributed by atoms with Gasteiger partial charge in [0.1, 0.15) is 5.69 Å². The second-order valence-corrected chi connectivity index (χ2v) is 5.65. The molecule has 1 aromatic heterocycles. The average molecular weight is 309 g/mol. The first-order chi connectivity index (χ1) is 10.1. The zero-order valence-corrected chi connectivity index (χ0v) is 12.4. The van der Waals surface area contributed by atoms with Gasteiger partial charge in [-0.05, 0) is 30.9 Å². The van der Waals surface area contributed by atoms with Crippen LogP contribution in [0.15, 0.2) is 24.5 Å². The van der Waals surface area contributed by atoms with Crippen LogP contribution in [-0.2, 0) is 11.4 Å². The first-order valence-electron chi connectivity index (χ1n) is 6.73. The second kappa shape index (κ2) is 5.55. The molecule has 0 amide bonds. The number of anilines is 2. The first-order valence-corrected chi connectivity index (χ1v) is 7.11. The highest BCUT2D eigenvalue weighted by Gasteiger charge is 2.22. The van der Waals surface area contributed by atoms with E-state index >= 15 is 0 Å². The van der Waals surface area contributed by atoms with Crippen molar-refractivity contribution in [2.45, 2.75) is 19.4 Å². The molecule has 0 bridgehead atoms. The number of rotatable bonds is 5. The molecule has 3 rings (SSSR count). The third kappa shape index (κ3) is 2.97. The predicted molar refractivity (Wildman–Crippen MR) is 81.1 cm³/mol. The summed E-state index contributed by atoms with van der Waals surface area (Å²) in [6, 6.07) is 3.27. The molecule has 0 aliphatic heterocycles. The number of nitrogen functional groups attached to an aromatic ring is 1. The Morgan fingerprint density at radius 1 is 1.52 bits per heavy atom. The predicted octanol–water partition coefficient (Wildman–Crippen LogP) is 2.95. The van der Waals surface area contributed by atoms with Crippen LogP contribution in [0.3, 0.4) is 0 Å². The maximum atomic E-state index is 9.67. The van der Waals surface area contributed by atoms with E-state index in [1.807, 2.05) is 10.9 Å². The number of benzene rings is 1. The smallest absolute Gasteiger partial charge is 0.118 e. The number of nitrogens with two attached hydrogens (primary N) is 1.